The number of rotatable bonds is 3. The molecule has 1 aliphatic rings. The van der Waals surface area contributed by atoms with Crippen molar-refractivity contribution in [1.29, 1.82) is 0 Å². The number of urea groups is 1. The van der Waals surface area contributed by atoms with Crippen LogP contribution in [-0.2, 0) is 14.3 Å². The first-order valence-electron chi connectivity index (χ1n) is 6.98. The molecule has 3 amide bonds. The molecular weight excluding hydrogens is 284 g/mol. The second-order valence-corrected chi connectivity index (χ2v) is 4.89. The molecule has 0 unspecified atom stereocenters. The maximum Gasteiger partial charge on any atom is 0.337 e. The average Bonchev–Trinajstić information content (AvgIpc) is 2.53. The molecule has 0 saturated carbocycles. The molecule has 0 aromatic heterocycles. The van der Waals surface area contributed by atoms with Gasteiger partial charge in [0, 0.05) is 12.1 Å². The van der Waals surface area contributed by atoms with Gasteiger partial charge in [-0.05, 0) is 12.5 Å². The minimum absolute atomic E-state index is 0.157. The minimum atomic E-state index is -0.783. The number of carbonyl (C=O) groups excluding carboxylic acids is 3. The number of amides is 3. The van der Waals surface area contributed by atoms with E-state index in [-0.39, 0.29) is 17.9 Å². The molecule has 1 atom stereocenters. The summed E-state index contributed by atoms with van der Waals surface area (Å²) in [6.07, 6.45) is 0.157. The first-order valence-corrected chi connectivity index (χ1v) is 6.98. The summed E-state index contributed by atoms with van der Waals surface area (Å²) in [7, 11) is 1.27. The number of hydrogen-bond donors (Lipinski definition) is 1. The Bertz CT molecular complexity index is 637. The van der Waals surface area contributed by atoms with Gasteiger partial charge in [-0.25, -0.2) is 9.59 Å². The molecule has 0 bridgehead atoms. The lowest BCUT2D eigenvalue weighted by atomic mass is 9.93. The summed E-state index contributed by atoms with van der Waals surface area (Å²) in [6, 6.07) is 7.64. The van der Waals surface area contributed by atoms with Crippen LogP contribution in [0, 0.1) is 0 Å². The molecule has 1 N–H and O–H groups in total. The van der Waals surface area contributed by atoms with Gasteiger partial charge in [-0.2, -0.15) is 0 Å². The number of allylic oxidation sites excluding steroid dienone is 1. The largest absolute Gasteiger partial charge is 0.466 e. The fourth-order valence-corrected chi connectivity index (χ4v) is 2.49. The molecule has 0 aliphatic carbocycles. The van der Waals surface area contributed by atoms with Crippen LogP contribution in [0.15, 0.2) is 41.6 Å². The van der Waals surface area contributed by atoms with Crippen molar-refractivity contribution in [1.82, 2.24) is 10.2 Å². The maximum absolute atomic E-state index is 12.3. The molecule has 1 aromatic carbocycles. The fraction of sp³-hybridized carbons (Fsp3) is 0.312. The van der Waals surface area contributed by atoms with E-state index in [0.717, 1.165) is 4.90 Å². The molecule has 6 heteroatoms. The quantitative estimate of drug-likeness (QED) is 0.868. The number of methoxy groups -OCH3 is 1. The van der Waals surface area contributed by atoms with Crippen molar-refractivity contribution < 1.29 is 19.1 Å². The number of hydrogen-bond acceptors (Lipinski definition) is 4. The van der Waals surface area contributed by atoms with Crippen LogP contribution in [0.1, 0.15) is 31.9 Å². The predicted octanol–water partition coefficient (Wildman–Crippen LogP) is 2.14. The van der Waals surface area contributed by atoms with Crippen molar-refractivity contribution in [3.05, 3.63) is 47.2 Å². The van der Waals surface area contributed by atoms with Gasteiger partial charge in [-0.1, -0.05) is 37.3 Å². The molecule has 116 valence electrons. The Morgan fingerprint density at radius 1 is 1.27 bits per heavy atom. The third-order valence-electron chi connectivity index (χ3n) is 3.54. The minimum Gasteiger partial charge on any atom is -0.466 e. The van der Waals surface area contributed by atoms with Crippen LogP contribution in [0.25, 0.3) is 0 Å². The van der Waals surface area contributed by atoms with Crippen LogP contribution < -0.4 is 5.32 Å². The summed E-state index contributed by atoms with van der Waals surface area (Å²) in [4.78, 5) is 37.7. The Labute approximate surface area is 128 Å². The van der Waals surface area contributed by atoms with E-state index in [1.807, 2.05) is 6.07 Å². The molecule has 0 saturated heterocycles. The number of esters is 1. The van der Waals surface area contributed by atoms with Crippen LogP contribution in [-0.4, -0.2) is 29.9 Å². The van der Waals surface area contributed by atoms with Gasteiger partial charge in [0.05, 0.1) is 12.7 Å². The fourth-order valence-electron chi connectivity index (χ4n) is 2.49. The van der Waals surface area contributed by atoms with E-state index in [0.29, 0.717) is 11.3 Å². The second kappa shape index (κ2) is 6.43. The lowest BCUT2D eigenvalue weighted by Crippen LogP contribution is -2.51. The van der Waals surface area contributed by atoms with Gasteiger partial charge in [0.25, 0.3) is 0 Å². The van der Waals surface area contributed by atoms with E-state index in [1.165, 1.54) is 7.11 Å². The highest BCUT2D eigenvalue weighted by Gasteiger charge is 2.40. The van der Waals surface area contributed by atoms with Gasteiger partial charge in [0.1, 0.15) is 6.04 Å². The Morgan fingerprint density at radius 3 is 2.45 bits per heavy atom. The molecule has 1 aromatic rings. The lowest BCUT2D eigenvalue weighted by molar-refractivity contribution is -0.137. The van der Waals surface area contributed by atoms with Crippen LogP contribution in [0.3, 0.4) is 0 Å². The van der Waals surface area contributed by atoms with Gasteiger partial charge in [-0.15, -0.1) is 0 Å². The van der Waals surface area contributed by atoms with Crippen LogP contribution in [0.2, 0.25) is 0 Å². The third kappa shape index (κ3) is 2.72. The monoisotopic (exact) mass is 302 g/mol. The first kappa shape index (κ1) is 15.8. The standard InChI is InChI=1S/C16H18N2O4/c1-4-12(19)18-14(11-8-6-5-7-9-11)13(15(20)22-3)10(2)17-16(18)21/h5-9,14H,4H2,1-3H3,(H,17,21)/t14-/m1/s1. The second-order valence-electron chi connectivity index (χ2n) is 4.89. The van der Waals surface area contributed by atoms with Crippen LogP contribution in [0.5, 0.6) is 0 Å². The molecule has 0 spiro atoms. The number of nitrogens with one attached hydrogen (secondary N) is 1. The number of carbonyl (C=O) groups is 3. The lowest BCUT2D eigenvalue weighted by Gasteiger charge is -2.36. The SMILES string of the molecule is CCC(=O)N1C(=O)NC(C)=C(C(=O)OC)[C@H]1c1ccccc1. The van der Waals surface area contributed by atoms with E-state index in [9.17, 15) is 14.4 Å². The third-order valence-corrected chi connectivity index (χ3v) is 3.54. The van der Waals surface area contributed by atoms with Crippen molar-refractivity contribution in [2.75, 3.05) is 7.11 Å². The van der Waals surface area contributed by atoms with Crippen LogP contribution in [0.4, 0.5) is 4.79 Å². The van der Waals surface area contributed by atoms with Crippen molar-refractivity contribution in [3.8, 4) is 0 Å². The Hall–Kier alpha value is -2.63. The number of imide groups is 1. The van der Waals surface area contributed by atoms with E-state index < -0.39 is 18.0 Å². The van der Waals surface area contributed by atoms with Gasteiger partial charge < -0.3 is 10.1 Å². The molecule has 1 aliphatic heterocycles. The molecule has 0 fully saturated rings. The Kier molecular flexibility index (Phi) is 4.60. The first-order chi connectivity index (χ1) is 10.5. The molecule has 6 nitrogen and oxygen atoms in total. The van der Waals surface area contributed by atoms with Gasteiger partial charge in [0.2, 0.25) is 5.91 Å². The number of nitrogens with zero attached hydrogens (tertiary/aromatic N) is 1. The smallest absolute Gasteiger partial charge is 0.337 e. The molecule has 22 heavy (non-hydrogen) atoms. The zero-order valence-electron chi connectivity index (χ0n) is 12.8. The zero-order valence-corrected chi connectivity index (χ0v) is 12.8. The van der Waals surface area contributed by atoms with Crippen molar-refractivity contribution in [2.45, 2.75) is 26.3 Å². The Morgan fingerprint density at radius 2 is 1.91 bits per heavy atom. The predicted molar refractivity (Wildman–Crippen MR) is 79.6 cm³/mol. The highest BCUT2D eigenvalue weighted by Crippen LogP contribution is 2.34. The topological polar surface area (TPSA) is 75.7 Å². The Balaban J connectivity index is 2.63. The van der Waals surface area contributed by atoms with Crippen molar-refractivity contribution >= 4 is 17.9 Å². The van der Waals surface area contributed by atoms with Gasteiger partial charge in [-0.3, -0.25) is 9.69 Å². The number of benzene rings is 1. The molecular formula is C16H18N2O4. The van der Waals surface area contributed by atoms with Gasteiger partial charge in [0.15, 0.2) is 0 Å². The molecule has 0 radical (unpaired) electrons. The summed E-state index contributed by atoms with van der Waals surface area (Å²) in [6.45, 7) is 3.29. The molecule has 2 rings (SSSR count). The maximum atomic E-state index is 12.3. The summed E-state index contributed by atoms with van der Waals surface area (Å²) in [5, 5.41) is 2.55. The van der Waals surface area contributed by atoms with Crippen LogP contribution >= 0.6 is 0 Å². The highest BCUT2D eigenvalue weighted by molar-refractivity contribution is 6.02. The van der Waals surface area contributed by atoms with Crippen molar-refractivity contribution in [2.24, 2.45) is 0 Å². The zero-order chi connectivity index (χ0) is 16.3. The average molecular weight is 302 g/mol. The molecule has 1 heterocycles. The van der Waals surface area contributed by atoms with E-state index in [1.54, 1.807) is 38.1 Å². The summed E-state index contributed by atoms with van der Waals surface area (Å²) in [5.41, 5.74) is 1.33. The summed E-state index contributed by atoms with van der Waals surface area (Å²) >= 11 is 0. The highest BCUT2D eigenvalue weighted by atomic mass is 16.5. The summed E-state index contributed by atoms with van der Waals surface area (Å²) < 4.78 is 4.82. The van der Waals surface area contributed by atoms with Crippen molar-refractivity contribution in [3.63, 3.8) is 0 Å². The van der Waals surface area contributed by atoms with E-state index >= 15 is 0 Å². The normalized spacial score (nSPS) is 18.0. The van der Waals surface area contributed by atoms with E-state index in [2.05, 4.69) is 5.32 Å². The van der Waals surface area contributed by atoms with Gasteiger partial charge >= 0.3 is 12.0 Å². The van der Waals surface area contributed by atoms with E-state index in [4.69, 9.17) is 4.74 Å². The summed E-state index contributed by atoms with van der Waals surface area (Å²) in [5.74, 6) is -0.930. The number of ether oxygens (including phenoxy) is 1.